The molecule has 3 aromatic rings. The number of anilines is 1. The van der Waals surface area contributed by atoms with Crippen molar-refractivity contribution in [2.45, 2.75) is 26.9 Å². The highest BCUT2D eigenvalue weighted by atomic mass is 32.1. The number of fused-ring (bicyclic) bond motifs is 1. The molecule has 2 atom stereocenters. The van der Waals surface area contributed by atoms with Crippen molar-refractivity contribution in [3.63, 3.8) is 0 Å². The number of thiazole rings is 1. The third-order valence-corrected chi connectivity index (χ3v) is 4.95. The number of halogens is 1. The van der Waals surface area contributed by atoms with E-state index in [-0.39, 0.29) is 13.3 Å². The minimum atomic E-state index is -0.996. The molecule has 124 valence electrons. The lowest BCUT2D eigenvalue weighted by molar-refractivity contribution is -0.117. The first kappa shape index (κ1) is 16.5. The van der Waals surface area contributed by atoms with E-state index in [1.165, 1.54) is 11.3 Å². The monoisotopic (exact) mass is 343 g/mol. The molecule has 0 saturated heterocycles. The molecule has 2 heterocycles. The average molecular weight is 343 g/mol. The molecule has 1 saturated carbocycles. The van der Waals surface area contributed by atoms with Gasteiger partial charge in [-0.15, -0.1) is 0 Å². The molecule has 1 aromatic carbocycles. The van der Waals surface area contributed by atoms with E-state index in [0.29, 0.717) is 11.6 Å². The molecular weight excluding hydrogens is 325 g/mol. The summed E-state index contributed by atoms with van der Waals surface area (Å²) < 4.78 is 13.9. The molecule has 4 rings (SSSR count). The van der Waals surface area contributed by atoms with Crippen LogP contribution in [0.1, 0.15) is 19.4 Å². The zero-order chi connectivity index (χ0) is 16.0. The summed E-state index contributed by atoms with van der Waals surface area (Å²) in [6.07, 6.45) is 2.94. The molecule has 4 nitrogen and oxygen atoms in total. The van der Waals surface area contributed by atoms with E-state index in [0.717, 1.165) is 26.9 Å². The summed E-state index contributed by atoms with van der Waals surface area (Å²) >= 11 is 1.40. The summed E-state index contributed by atoms with van der Waals surface area (Å²) in [5.74, 6) is -0.782. The van der Waals surface area contributed by atoms with Crippen LogP contribution in [0.2, 0.25) is 0 Å². The Hall–Kier alpha value is -2.34. The first-order chi connectivity index (χ1) is 11.1. The number of amides is 1. The van der Waals surface area contributed by atoms with Crippen molar-refractivity contribution in [3.8, 4) is 11.1 Å². The predicted molar refractivity (Wildman–Crippen MR) is 96.0 cm³/mol. The minimum absolute atomic E-state index is 0. The molecule has 1 N–H and O–H groups in total. The van der Waals surface area contributed by atoms with Crippen molar-refractivity contribution in [2.75, 3.05) is 5.32 Å². The fraction of sp³-hybridized carbons (Fsp3) is 0.278. The maximum Gasteiger partial charge on any atom is 0.232 e. The number of carbonyl (C=O) groups excluding carboxylic acids is 1. The van der Waals surface area contributed by atoms with Crippen molar-refractivity contribution >= 4 is 32.6 Å². The van der Waals surface area contributed by atoms with Gasteiger partial charge in [-0.2, -0.15) is 0 Å². The molecule has 1 amide bonds. The summed E-state index contributed by atoms with van der Waals surface area (Å²) in [4.78, 5) is 20.4. The molecular formula is C18H18FN3OS. The zero-order valence-electron chi connectivity index (χ0n) is 12.4. The van der Waals surface area contributed by atoms with Crippen LogP contribution in [0.3, 0.4) is 0 Å². The predicted octanol–water partition coefficient (Wildman–Crippen LogP) is 4.60. The smallest absolute Gasteiger partial charge is 0.232 e. The van der Waals surface area contributed by atoms with E-state index >= 15 is 0 Å². The van der Waals surface area contributed by atoms with Gasteiger partial charge in [0.1, 0.15) is 6.17 Å². The Kier molecular flexibility index (Phi) is 4.32. The fourth-order valence-corrected chi connectivity index (χ4v) is 3.45. The molecule has 0 aliphatic heterocycles. The Balaban J connectivity index is 0.00000169. The third kappa shape index (κ3) is 3.01. The average Bonchev–Trinajstić information content (AvgIpc) is 3.13. The van der Waals surface area contributed by atoms with Gasteiger partial charge in [-0.3, -0.25) is 9.78 Å². The van der Waals surface area contributed by atoms with Gasteiger partial charge >= 0.3 is 0 Å². The van der Waals surface area contributed by atoms with Gasteiger partial charge in [-0.25, -0.2) is 9.37 Å². The van der Waals surface area contributed by atoms with Crippen LogP contribution in [0.25, 0.3) is 21.3 Å². The highest BCUT2D eigenvalue weighted by molar-refractivity contribution is 7.22. The second-order valence-electron chi connectivity index (χ2n) is 5.74. The number of aromatic nitrogens is 2. The second-order valence-corrected chi connectivity index (χ2v) is 6.77. The third-order valence-electron chi connectivity index (χ3n) is 4.02. The largest absolute Gasteiger partial charge is 0.302 e. The molecule has 6 heteroatoms. The van der Waals surface area contributed by atoms with Gasteiger partial charge in [-0.1, -0.05) is 24.8 Å². The van der Waals surface area contributed by atoms with Crippen LogP contribution in [0, 0.1) is 12.8 Å². The Morgan fingerprint density at radius 3 is 2.88 bits per heavy atom. The molecule has 0 unspecified atom stereocenters. The van der Waals surface area contributed by atoms with Crippen LogP contribution in [0.5, 0.6) is 0 Å². The van der Waals surface area contributed by atoms with Crippen LogP contribution in [0.4, 0.5) is 9.52 Å². The Morgan fingerprint density at radius 2 is 2.17 bits per heavy atom. The Bertz CT molecular complexity index is 908. The molecule has 1 aliphatic carbocycles. The van der Waals surface area contributed by atoms with Gasteiger partial charge in [0.05, 0.1) is 16.1 Å². The summed E-state index contributed by atoms with van der Waals surface area (Å²) in [6.45, 7) is 2.04. The number of aryl methyl sites for hydroxylation is 1. The molecule has 0 bridgehead atoms. The van der Waals surface area contributed by atoms with Crippen LogP contribution < -0.4 is 5.32 Å². The van der Waals surface area contributed by atoms with Gasteiger partial charge in [0.2, 0.25) is 5.91 Å². The molecule has 0 spiro atoms. The highest BCUT2D eigenvalue weighted by Crippen LogP contribution is 2.36. The standard InChI is InChI=1S/C17H14FN3OS.CH4/c1-9-4-5-19-8-12(9)10-2-3-14-15(6-10)23-17(20-14)21-16(22)11-7-13(11)18;/h2-6,8,11,13H,7H2,1H3,(H,20,21,22);1H4/t11-,13+;/m1./s1. The SMILES string of the molecule is C.Cc1ccncc1-c1ccc2nc(NC(=O)[C@@H]3C[C@@H]3F)sc2c1. The fourth-order valence-electron chi connectivity index (χ4n) is 2.55. The summed E-state index contributed by atoms with van der Waals surface area (Å²) in [7, 11) is 0. The number of benzene rings is 1. The topological polar surface area (TPSA) is 54.9 Å². The molecule has 1 fully saturated rings. The van der Waals surface area contributed by atoms with E-state index in [1.54, 1.807) is 6.20 Å². The maximum atomic E-state index is 12.9. The van der Waals surface area contributed by atoms with Gasteiger partial charge in [0.15, 0.2) is 5.13 Å². The number of nitrogens with one attached hydrogen (secondary N) is 1. The first-order valence-electron chi connectivity index (χ1n) is 7.38. The molecule has 2 aromatic heterocycles. The van der Waals surface area contributed by atoms with Crippen molar-refractivity contribution in [1.82, 2.24) is 9.97 Å². The van der Waals surface area contributed by atoms with Gasteiger partial charge in [0.25, 0.3) is 0 Å². The van der Waals surface area contributed by atoms with Gasteiger partial charge < -0.3 is 5.32 Å². The quantitative estimate of drug-likeness (QED) is 0.756. The van der Waals surface area contributed by atoms with E-state index in [9.17, 15) is 9.18 Å². The molecule has 24 heavy (non-hydrogen) atoms. The summed E-state index contributed by atoms with van der Waals surface area (Å²) in [5.41, 5.74) is 4.12. The summed E-state index contributed by atoms with van der Waals surface area (Å²) in [5, 5.41) is 3.23. The van der Waals surface area contributed by atoms with Crippen molar-refractivity contribution in [2.24, 2.45) is 5.92 Å². The van der Waals surface area contributed by atoms with Crippen LogP contribution in [-0.4, -0.2) is 22.0 Å². The minimum Gasteiger partial charge on any atom is -0.302 e. The van der Waals surface area contributed by atoms with Gasteiger partial charge in [0, 0.05) is 18.0 Å². The van der Waals surface area contributed by atoms with Crippen LogP contribution in [-0.2, 0) is 4.79 Å². The normalized spacial score (nSPS) is 18.9. The van der Waals surface area contributed by atoms with E-state index in [1.807, 2.05) is 37.4 Å². The second kappa shape index (κ2) is 6.28. The number of pyridine rings is 1. The van der Waals surface area contributed by atoms with E-state index in [2.05, 4.69) is 15.3 Å². The van der Waals surface area contributed by atoms with E-state index < -0.39 is 12.1 Å². The first-order valence-corrected chi connectivity index (χ1v) is 8.20. The highest BCUT2D eigenvalue weighted by Gasteiger charge is 2.43. The van der Waals surface area contributed by atoms with Crippen molar-refractivity contribution in [1.29, 1.82) is 0 Å². The van der Waals surface area contributed by atoms with Gasteiger partial charge in [-0.05, 0) is 42.7 Å². The van der Waals surface area contributed by atoms with Crippen LogP contribution >= 0.6 is 11.3 Å². The number of carbonyl (C=O) groups is 1. The number of alkyl halides is 1. The van der Waals surface area contributed by atoms with E-state index in [4.69, 9.17) is 0 Å². The number of nitrogens with zero attached hydrogens (tertiary/aromatic N) is 2. The zero-order valence-corrected chi connectivity index (χ0v) is 13.2. The van der Waals surface area contributed by atoms with Crippen LogP contribution in [0.15, 0.2) is 36.7 Å². The lowest BCUT2D eigenvalue weighted by Gasteiger charge is -2.04. The maximum absolute atomic E-state index is 12.9. The number of hydrogen-bond acceptors (Lipinski definition) is 4. The number of hydrogen-bond donors (Lipinski definition) is 1. The van der Waals surface area contributed by atoms with Crippen molar-refractivity contribution < 1.29 is 9.18 Å². The number of rotatable bonds is 3. The lowest BCUT2D eigenvalue weighted by Crippen LogP contribution is -2.14. The Labute approximate surface area is 143 Å². The molecule has 1 aliphatic rings. The lowest BCUT2D eigenvalue weighted by atomic mass is 10.0. The van der Waals surface area contributed by atoms with Crippen molar-refractivity contribution in [3.05, 3.63) is 42.2 Å². The molecule has 0 radical (unpaired) electrons. The summed E-state index contributed by atoms with van der Waals surface area (Å²) in [6, 6.07) is 7.94. The Morgan fingerprint density at radius 1 is 1.38 bits per heavy atom.